The van der Waals surface area contributed by atoms with Gasteiger partial charge in [-0.1, -0.05) is 37.1 Å². The fourth-order valence-electron chi connectivity index (χ4n) is 2.61. The Kier molecular flexibility index (Phi) is 3.06. The zero-order valence-corrected chi connectivity index (χ0v) is 9.01. The van der Waals surface area contributed by atoms with Crippen molar-refractivity contribution in [2.24, 2.45) is 5.73 Å². The molecule has 0 bridgehead atoms. The second kappa shape index (κ2) is 4.31. The standard InChI is InChI=1S/C13H18FN/c14-9-11-3-5-12(6-4-11)13(10-15)7-1-2-8-13/h3-6H,1-2,7-10,15H2. The van der Waals surface area contributed by atoms with Gasteiger partial charge in [-0.2, -0.15) is 0 Å². The Labute approximate surface area is 90.5 Å². The highest BCUT2D eigenvalue weighted by molar-refractivity contribution is 5.30. The Morgan fingerprint density at radius 2 is 1.73 bits per heavy atom. The second-order valence-electron chi connectivity index (χ2n) is 4.52. The molecule has 1 nitrogen and oxygen atoms in total. The van der Waals surface area contributed by atoms with Gasteiger partial charge in [0.15, 0.2) is 0 Å². The topological polar surface area (TPSA) is 26.0 Å². The minimum Gasteiger partial charge on any atom is -0.330 e. The summed E-state index contributed by atoms with van der Waals surface area (Å²) in [6, 6.07) is 7.86. The number of alkyl halides is 1. The summed E-state index contributed by atoms with van der Waals surface area (Å²) >= 11 is 0. The number of hydrogen-bond donors (Lipinski definition) is 1. The van der Waals surface area contributed by atoms with E-state index in [1.165, 1.54) is 31.2 Å². The van der Waals surface area contributed by atoms with Crippen molar-refractivity contribution >= 4 is 0 Å². The first-order valence-corrected chi connectivity index (χ1v) is 5.66. The third-order valence-electron chi connectivity index (χ3n) is 3.67. The predicted molar refractivity (Wildman–Crippen MR) is 60.5 cm³/mol. The Morgan fingerprint density at radius 3 is 2.20 bits per heavy atom. The fourth-order valence-corrected chi connectivity index (χ4v) is 2.61. The molecule has 2 rings (SSSR count). The summed E-state index contributed by atoms with van der Waals surface area (Å²) in [6.45, 7) is 0.331. The molecule has 1 aliphatic rings. The molecule has 0 spiro atoms. The fraction of sp³-hybridized carbons (Fsp3) is 0.538. The number of halogens is 1. The van der Waals surface area contributed by atoms with Crippen molar-refractivity contribution < 1.29 is 4.39 Å². The van der Waals surface area contributed by atoms with Crippen LogP contribution in [0.4, 0.5) is 4.39 Å². The lowest BCUT2D eigenvalue weighted by atomic mass is 9.79. The monoisotopic (exact) mass is 207 g/mol. The highest BCUT2D eigenvalue weighted by atomic mass is 19.1. The smallest absolute Gasteiger partial charge is 0.115 e. The van der Waals surface area contributed by atoms with Crippen molar-refractivity contribution in [3.8, 4) is 0 Å². The lowest BCUT2D eigenvalue weighted by Crippen LogP contribution is -2.31. The van der Waals surface area contributed by atoms with Crippen LogP contribution in [-0.4, -0.2) is 6.54 Å². The minimum atomic E-state index is -0.379. The highest BCUT2D eigenvalue weighted by Gasteiger charge is 2.33. The van der Waals surface area contributed by atoms with Crippen LogP contribution in [0.3, 0.4) is 0 Å². The van der Waals surface area contributed by atoms with Crippen molar-refractivity contribution in [1.29, 1.82) is 0 Å². The zero-order valence-electron chi connectivity index (χ0n) is 9.01. The summed E-state index contributed by atoms with van der Waals surface area (Å²) in [5.74, 6) is 0. The number of nitrogens with two attached hydrogens (primary N) is 1. The van der Waals surface area contributed by atoms with E-state index >= 15 is 0 Å². The van der Waals surface area contributed by atoms with E-state index in [-0.39, 0.29) is 12.1 Å². The molecule has 1 aromatic carbocycles. The van der Waals surface area contributed by atoms with E-state index in [4.69, 9.17) is 5.73 Å². The first-order chi connectivity index (χ1) is 7.30. The van der Waals surface area contributed by atoms with Gasteiger partial charge in [-0.05, 0) is 24.0 Å². The quantitative estimate of drug-likeness (QED) is 0.810. The molecule has 1 fully saturated rings. The van der Waals surface area contributed by atoms with Crippen LogP contribution in [0.5, 0.6) is 0 Å². The van der Waals surface area contributed by atoms with Gasteiger partial charge in [-0.15, -0.1) is 0 Å². The van der Waals surface area contributed by atoms with E-state index in [1.54, 1.807) is 0 Å². The molecular formula is C13H18FN. The van der Waals surface area contributed by atoms with Crippen LogP contribution in [0.25, 0.3) is 0 Å². The molecule has 0 amide bonds. The van der Waals surface area contributed by atoms with Gasteiger partial charge in [0, 0.05) is 12.0 Å². The van der Waals surface area contributed by atoms with Crippen molar-refractivity contribution in [3.63, 3.8) is 0 Å². The SMILES string of the molecule is NCC1(c2ccc(CF)cc2)CCCC1. The Bertz CT molecular complexity index is 312. The average Bonchev–Trinajstić information content (AvgIpc) is 2.79. The lowest BCUT2D eigenvalue weighted by Gasteiger charge is -2.27. The summed E-state index contributed by atoms with van der Waals surface area (Å²) in [4.78, 5) is 0. The molecule has 2 N–H and O–H groups in total. The molecule has 1 aliphatic carbocycles. The van der Waals surface area contributed by atoms with Crippen LogP contribution < -0.4 is 5.73 Å². The number of rotatable bonds is 3. The summed E-state index contributed by atoms with van der Waals surface area (Å²) in [5, 5.41) is 0. The molecule has 2 heteroatoms. The molecule has 0 unspecified atom stereocenters. The normalized spacial score (nSPS) is 19.3. The van der Waals surface area contributed by atoms with Gasteiger partial charge in [-0.3, -0.25) is 0 Å². The molecule has 0 saturated heterocycles. The molecule has 1 aromatic rings. The van der Waals surface area contributed by atoms with E-state index in [9.17, 15) is 4.39 Å². The van der Waals surface area contributed by atoms with Crippen molar-refractivity contribution in [2.45, 2.75) is 37.8 Å². The maximum atomic E-state index is 12.4. The number of benzene rings is 1. The van der Waals surface area contributed by atoms with Crippen LogP contribution in [0.2, 0.25) is 0 Å². The van der Waals surface area contributed by atoms with Crippen molar-refractivity contribution in [2.75, 3.05) is 6.54 Å². The molecule has 0 radical (unpaired) electrons. The Hall–Kier alpha value is -0.890. The van der Waals surface area contributed by atoms with E-state index in [0.717, 1.165) is 5.56 Å². The molecule has 0 atom stereocenters. The van der Waals surface area contributed by atoms with Gasteiger partial charge in [-0.25, -0.2) is 4.39 Å². The largest absolute Gasteiger partial charge is 0.330 e. The first kappa shape index (κ1) is 10.6. The molecule has 0 heterocycles. The third kappa shape index (κ3) is 1.91. The lowest BCUT2D eigenvalue weighted by molar-refractivity contribution is 0.451. The Morgan fingerprint density at radius 1 is 1.13 bits per heavy atom. The van der Waals surface area contributed by atoms with Crippen LogP contribution in [0, 0.1) is 0 Å². The molecular weight excluding hydrogens is 189 g/mol. The van der Waals surface area contributed by atoms with Gasteiger partial charge in [0.25, 0.3) is 0 Å². The molecule has 0 aromatic heterocycles. The van der Waals surface area contributed by atoms with E-state index in [0.29, 0.717) is 6.54 Å². The molecule has 82 valence electrons. The first-order valence-electron chi connectivity index (χ1n) is 5.66. The van der Waals surface area contributed by atoms with E-state index in [1.807, 2.05) is 24.3 Å². The maximum Gasteiger partial charge on any atom is 0.115 e. The van der Waals surface area contributed by atoms with Gasteiger partial charge in [0.2, 0.25) is 0 Å². The molecule has 15 heavy (non-hydrogen) atoms. The third-order valence-corrected chi connectivity index (χ3v) is 3.67. The van der Waals surface area contributed by atoms with Crippen LogP contribution in [0.1, 0.15) is 36.8 Å². The van der Waals surface area contributed by atoms with Gasteiger partial charge >= 0.3 is 0 Å². The number of hydrogen-bond acceptors (Lipinski definition) is 1. The predicted octanol–water partition coefficient (Wildman–Crippen LogP) is 2.93. The molecule has 1 saturated carbocycles. The maximum absolute atomic E-state index is 12.4. The summed E-state index contributed by atoms with van der Waals surface area (Å²) < 4.78 is 12.4. The van der Waals surface area contributed by atoms with Crippen LogP contribution >= 0.6 is 0 Å². The highest BCUT2D eigenvalue weighted by Crippen LogP contribution is 2.40. The van der Waals surface area contributed by atoms with E-state index < -0.39 is 0 Å². The average molecular weight is 207 g/mol. The van der Waals surface area contributed by atoms with Crippen molar-refractivity contribution in [1.82, 2.24) is 0 Å². The summed E-state index contributed by atoms with van der Waals surface area (Å²) in [5.41, 5.74) is 8.12. The van der Waals surface area contributed by atoms with Crippen molar-refractivity contribution in [3.05, 3.63) is 35.4 Å². The van der Waals surface area contributed by atoms with Crippen LogP contribution in [-0.2, 0) is 12.1 Å². The summed E-state index contributed by atoms with van der Waals surface area (Å²) in [7, 11) is 0. The van der Waals surface area contributed by atoms with Gasteiger partial charge < -0.3 is 5.73 Å². The molecule has 0 aliphatic heterocycles. The van der Waals surface area contributed by atoms with Gasteiger partial charge in [0.05, 0.1) is 0 Å². The van der Waals surface area contributed by atoms with Gasteiger partial charge in [0.1, 0.15) is 6.67 Å². The summed E-state index contributed by atoms with van der Waals surface area (Å²) in [6.07, 6.45) is 4.89. The second-order valence-corrected chi connectivity index (χ2v) is 4.52. The zero-order chi connectivity index (χ0) is 10.7. The van der Waals surface area contributed by atoms with E-state index in [2.05, 4.69) is 0 Å². The Balaban J connectivity index is 2.26. The van der Waals surface area contributed by atoms with Crippen LogP contribution in [0.15, 0.2) is 24.3 Å². The minimum absolute atomic E-state index is 0.175.